The standard InChI is InChI=1S/2C9H11.C3H6.2ClH.Zr/c2*1-2-5-9-7-3-6-8(9)4-1;1-3-2;;;/h2*1-2,4,6,9H,3,5,7H2;1-2H3;2*1H;/q;;;;;+2/p-2. The SMILES string of the molecule is C[C](C)=[Zr+2]([CH]1CCC2CC=CC=C21)[CH]1CCC2CC=CC=C21.[Cl-].[Cl-]. The summed E-state index contributed by atoms with van der Waals surface area (Å²) in [6.07, 6.45) is 23.1. The van der Waals surface area contributed by atoms with Gasteiger partial charge in [0.05, 0.1) is 0 Å². The quantitative estimate of drug-likeness (QED) is 0.565. The minimum absolute atomic E-state index is 0. The van der Waals surface area contributed by atoms with Gasteiger partial charge in [-0.2, -0.15) is 0 Å². The van der Waals surface area contributed by atoms with Gasteiger partial charge in [0, 0.05) is 0 Å². The molecule has 4 aliphatic rings. The maximum Gasteiger partial charge on any atom is -1.00 e. The van der Waals surface area contributed by atoms with Crippen molar-refractivity contribution in [2.24, 2.45) is 11.8 Å². The van der Waals surface area contributed by atoms with E-state index in [0.717, 1.165) is 19.1 Å². The third-order valence-corrected chi connectivity index (χ3v) is 16.0. The van der Waals surface area contributed by atoms with E-state index in [0.29, 0.717) is 0 Å². The smallest absolute Gasteiger partial charge is 1.00 e. The summed E-state index contributed by atoms with van der Waals surface area (Å²) < 4.78 is 3.89. The molecule has 0 aromatic heterocycles. The zero-order valence-electron chi connectivity index (χ0n) is 14.8. The Hall–Kier alpha value is 0.293. The summed E-state index contributed by atoms with van der Waals surface area (Å²) in [6.45, 7) is 4.96. The summed E-state index contributed by atoms with van der Waals surface area (Å²) in [4.78, 5) is 0. The number of hydrogen-bond acceptors (Lipinski definition) is 0. The zero-order valence-corrected chi connectivity index (χ0v) is 18.7. The molecule has 0 heterocycles. The Morgan fingerprint density at radius 3 is 1.67 bits per heavy atom. The maximum absolute atomic E-state index is 2.51. The molecule has 0 bridgehead atoms. The van der Waals surface area contributed by atoms with Crippen LogP contribution < -0.4 is 24.8 Å². The molecule has 2 saturated carbocycles. The topological polar surface area (TPSA) is 0 Å². The molecule has 0 N–H and O–H groups in total. The molecule has 0 nitrogen and oxygen atoms in total. The molecule has 0 aromatic carbocycles. The summed E-state index contributed by atoms with van der Waals surface area (Å²) in [5.74, 6) is 1.81. The van der Waals surface area contributed by atoms with Gasteiger partial charge in [0.2, 0.25) is 0 Å². The van der Waals surface area contributed by atoms with Crippen LogP contribution in [-0.4, -0.2) is 3.21 Å². The first-order valence-electron chi connectivity index (χ1n) is 9.16. The fraction of sp³-hybridized carbons (Fsp3) is 0.571. The van der Waals surface area contributed by atoms with Crippen molar-refractivity contribution in [1.82, 2.24) is 0 Å². The first-order valence-corrected chi connectivity index (χ1v) is 13.2. The van der Waals surface area contributed by atoms with Gasteiger partial charge < -0.3 is 24.8 Å². The van der Waals surface area contributed by atoms with Crippen molar-refractivity contribution in [3.8, 4) is 0 Å². The summed E-state index contributed by atoms with van der Waals surface area (Å²) in [5, 5.41) is 0. The predicted octanol–water partition coefficient (Wildman–Crippen LogP) is -0.00560. The Labute approximate surface area is 167 Å². The summed E-state index contributed by atoms with van der Waals surface area (Å²) in [6, 6.07) is 0. The van der Waals surface area contributed by atoms with E-state index in [1.807, 2.05) is 14.4 Å². The van der Waals surface area contributed by atoms with E-state index in [2.05, 4.69) is 50.3 Å². The Morgan fingerprint density at radius 2 is 1.25 bits per heavy atom. The van der Waals surface area contributed by atoms with Crippen LogP contribution in [0, 0.1) is 11.8 Å². The monoisotopic (exact) mass is 440 g/mol. The van der Waals surface area contributed by atoms with Gasteiger partial charge in [0.25, 0.3) is 0 Å². The number of hydrogen-bond donors (Lipinski definition) is 0. The van der Waals surface area contributed by atoms with Gasteiger partial charge in [-0.25, -0.2) is 0 Å². The predicted molar refractivity (Wildman–Crippen MR) is 93.0 cm³/mol. The Kier molecular flexibility index (Phi) is 7.54. The van der Waals surface area contributed by atoms with Crippen molar-refractivity contribution in [1.29, 1.82) is 0 Å². The van der Waals surface area contributed by atoms with Gasteiger partial charge in [-0.3, -0.25) is 0 Å². The Morgan fingerprint density at radius 1 is 0.792 bits per heavy atom. The molecule has 0 radical (unpaired) electrons. The van der Waals surface area contributed by atoms with Gasteiger partial charge in [0.15, 0.2) is 0 Å². The van der Waals surface area contributed by atoms with E-state index in [4.69, 9.17) is 0 Å². The van der Waals surface area contributed by atoms with Crippen LogP contribution in [0.15, 0.2) is 47.6 Å². The summed E-state index contributed by atoms with van der Waals surface area (Å²) >= 11 is -1.58. The van der Waals surface area contributed by atoms with E-state index >= 15 is 0 Å². The normalized spacial score (nSPS) is 32.4. The molecule has 0 aliphatic heterocycles. The molecular formula is C21H28Cl2Zr. The van der Waals surface area contributed by atoms with Gasteiger partial charge in [-0.05, 0) is 0 Å². The van der Waals surface area contributed by atoms with E-state index in [-0.39, 0.29) is 24.8 Å². The van der Waals surface area contributed by atoms with Crippen molar-refractivity contribution in [2.45, 2.75) is 59.6 Å². The average Bonchev–Trinajstić information content (AvgIpc) is 3.13. The van der Waals surface area contributed by atoms with Crippen LogP contribution in [0.4, 0.5) is 0 Å². The van der Waals surface area contributed by atoms with Gasteiger partial charge in [-0.1, -0.05) is 0 Å². The van der Waals surface area contributed by atoms with E-state index in [1.165, 1.54) is 38.5 Å². The minimum atomic E-state index is -1.58. The molecule has 0 spiro atoms. The molecule has 4 rings (SSSR count). The van der Waals surface area contributed by atoms with Gasteiger partial charge in [0.1, 0.15) is 0 Å². The number of rotatable bonds is 2. The molecule has 24 heavy (non-hydrogen) atoms. The molecule has 130 valence electrons. The van der Waals surface area contributed by atoms with Crippen LogP contribution in [0.2, 0.25) is 7.25 Å². The van der Waals surface area contributed by atoms with E-state index in [9.17, 15) is 0 Å². The summed E-state index contributed by atoms with van der Waals surface area (Å²) in [5.41, 5.74) is 3.74. The molecule has 4 aliphatic carbocycles. The fourth-order valence-corrected chi connectivity index (χ4v) is 15.8. The minimum Gasteiger partial charge on any atom is -1.00 e. The second-order valence-electron chi connectivity index (χ2n) is 7.77. The first kappa shape index (κ1) is 20.6. The third kappa shape index (κ3) is 3.70. The molecular weight excluding hydrogens is 414 g/mol. The van der Waals surface area contributed by atoms with E-state index in [1.54, 1.807) is 0 Å². The molecule has 4 unspecified atom stereocenters. The van der Waals surface area contributed by atoms with Crippen molar-refractivity contribution in [3.05, 3.63) is 47.6 Å². The summed E-state index contributed by atoms with van der Waals surface area (Å²) in [7, 11) is 0. The van der Waals surface area contributed by atoms with Gasteiger partial charge in [-0.15, -0.1) is 0 Å². The Bertz CT molecular complexity index is 572. The van der Waals surface area contributed by atoms with Crippen LogP contribution in [0.3, 0.4) is 0 Å². The molecule has 3 heteroatoms. The van der Waals surface area contributed by atoms with Crippen LogP contribution in [0.1, 0.15) is 52.4 Å². The fourth-order valence-electron chi connectivity index (χ4n) is 5.44. The molecule has 2 fully saturated rings. The molecule has 0 aromatic rings. The third-order valence-electron chi connectivity index (χ3n) is 6.37. The first-order chi connectivity index (χ1) is 10.8. The second-order valence-corrected chi connectivity index (χ2v) is 15.9. The number of halogens is 2. The largest absolute Gasteiger partial charge is 1.00 e. The van der Waals surface area contributed by atoms with Crippen LogP contribution >= 0.6 is 0 Å². The van der Waals surface area contributed by atoms with Gasteiger partial charge >= 0.3 is 144 Å². The van der Waals surface area contributed by atoms with Crippen molar-refractivity contribution < 1.29 is 46.1 Å². The molecule has 0 amide bonds. The molecule has 0 saturated heterocycles. The van der Waals surface area contributed by atoms with Crippen molar-refractivity contribution in [2.75, 3.05) is 0 Å². The van der Waals surface area contributed by atoms with Crippen LogP contribution in [-0.2, 0) is 21.3 Å². The van der Waals surface area contributed by atoms with Crippen molar-refractivity contribution in [3.63, 3.8) is 0 Å². The van der Waals surface area contributed by atoms with Crippen LogP contribution in [0.5, 0.6) is 0 Å². The van der Waals surface area contributed by atoms with E-state index < -0.39 is 21.3 Å². The average molecular weight is 443 g/mol. The number of allylic oxidation sites excluding steroid dienone is 8. The van der Waals surface area contributed by atoms with Crippen LogP contribution in [0.25, 0.3) is 0 Å². The second kappa shape index (κ2) is 8.79. The zero-order chi connectivity index (χ0) is 15.1. The number of fused-ring (bicyclic) bond motifs is 2. The molecule has 4 atom stereocenters. The van der Waals surface area contributed by atoms with Crippen molar-refractivity contribution >= 4 is 3.21 Å². The Balaban J connectivity index is 0.00000104. The maximum atomic E-state index is 2.51.